The molecule has 33 heavy (non-hydrogen) atoms. The fraction of sp³-hybridized carbons (Fsp3) is 0. The van der Waals surface area contributed by atoms with E-state index < -0.39 is 11.6 Å². The molecule has 0 spiro atoms. The number of nitrogens with zero attached hydrogens (tertiary/aromatic N) is 1. The number of aromatic hydroxyl groups is 2. The predicted molar refractivity (Wildman–Crippen MR) is 128 cm³/mol. The standard InChI is InChI=1S/C22H11Cl5N2O4/c23-9-5-6-15(31)11(7-9)20(33)17-18(16(25)21(26)28-17)29-13(8-12(24)22(29)27)19(32)10-3-1-2-4-14(10)30/h1-8,28,30-31H. The quantitative estimate of drug-likeness (QED) is 0.237. The molecule has 0 saturated heterocycles. The van der Waals surface area contributed by atoms with Crippen LogP contribution in [0.3, 0.4) is 0 Å². The Bertz CT molecular complexity index is 1440. The largest absolute Gasteiger partial charge is 0.507 e. The molecule has 2 heterocycles. The molecular weight excluding hydrogens is 534 g/mol. The fourth-order valence-electron chi connectivity index (χ4n) is 3.28. The summed E-state index contributed by atoms with van der Waals surface area (Å²) in [5.74, 6) is -1.96. The highest BCUT2D eigenvalue weighted by molar-refractivity contribution is 6.45. The van der Waals surface area contributed by atoms with Crippen LogP contribution in [0.5, 0.6) is 11.5 Å². The number of para-hydroxylation sites is 1. The first-order valence-corrected chi connectivity index (χ1v) is 11.0. The minimum Gasteiger partial charge on any atom is -0.507 e. The van der Waals surface area contributed by atoms with Crippen molar-refractivity contribution in [2.45, 2.75) is 0 Å². The van der Waals surface area contributed by atoms with Crippen LogP contribution in [0, 0.1) is 0 Å². The Labute approximate surface area is 211 Å². The number of carbonyl (C=O) groups is 2. The van der Waals surface area contributed by atoms with Crippen molar-refractivity contribution in [2.24, 2.45) is 0 Å². The summed E-state index contributed by atoms with van der Waals surface area (Å²) in [5.41, 5.74) is -0.498. The number of carbonyl (C=O) groups excluding carboxylic acids is 2. The van der Waals surface area contributed by atoms with Crippen molar-refractivity contribution < 1.29 is 19.8 Å². The van der Waals surface area contributed by atoms with Gasteiger partial charge in [0.05, 0.1) is 27.5 Å². The molecule has 4 aromatic rings. The Balaban J connectivity index is 1.97. The summed E-state index contributed by atoms with van der Waals surface area (Å²) in [5, 5.41) is 20.2. The van der Waals surface area contributed by atoms with Gasteiger partial charge in [-0.3, -0.25) is 14.2 Å². The first-order chi connectivity index (χ1) is 15.6. The van der Waals surface area contributed by atoms with Crippen LogP contribution >= 0.6 is 58.0 Å². The molecule has 0 amide bonds. The van der Waals surface area contributed by atoms with E-state index in [9.17, 15) is 19.8 Å². The van der Waals surface area contributed by atoms with Gasteiger partial charge in [-0.1, -0.05) is 70.1 Å². The lowest BCUT2D eigenvalue weighted by molar-refractivity contribution is 0.101. The highest BCUT2D eigenvalue weighted by Gasteiger charge is 2.30. The fourth-order valence-corrected chi connectivity index (χ4v) is 4.28. The zero-order valence-corrected chi connectivity index (χ0v) is 19.9. The Morgan fingerprint density at radius 3 is 2.18 bits per heavy atom. The van der Waals surface area contributed by atoms with Crippen molar-refractivity contribution in [2.75, 3.05) is 0 Å². The summed E-state index contributed by atoms with van der Waals surface area (Å²) < 4.78 is 1.15. The molecular formula is C22H11Cl5N2O4. The van der Waals surface area contributed by atoms with E-state index in [0.717, 1.165) is 4.57 Å². The van der Waals surface area contributed by atoms with Crippen molar-refractivity contribution in [1.29, 1.82) is 0 Å². The first-order valence-electron chi connectivity index (χ1n) is 9.11. The van der Waals surface area contributed by atoms with E-state index in [0.29, 0.717) is 0 Å². The van der Waals surface area contributed by atoms with Gasteiger partial charge in [0.2, 0.25) is 11.6 Å². The van der Waals surface area contributed by atoms with Crippen LogP contribution in [0.25, 0.3) is 5.69 Å². The van der Waals surface area contributed by atoms with Crippen molar-refractivity contribution in [1.82, 2.24) is 9.55 Å². The summed E-state index contributed by atoms with van der Waals surface area (Å²) >= 11 is 31.2. The van der Waals surface area contributed by atoms with Gasteiger partial charge < -0.3 is 15.2 Å². The van der Waals surface area contributed by atoms with Gasteiger partial charge in [-0.2, -0.15) is 0 Å². The van der Waals surface area contributed by atoms with Crippen LogP contribution in [-0.2, 0) is 0 Å². The molecule has 0 aliphatic carbocycles. The number of rotatable bonds is 5. The molecule has 0 radical (unpaired) electrons. The Morgan fingerprint density at radius 2 is 1.48 bits per heavy atom. The van der Waals surface area contributed by atoms with Gasteiger partial charge in [0.1, 0.15) is 32.5 Å². The van der Waals surface area contributed by atoms with Gasteiger partial charge in [0, 0.05) is 5.02 Å². The molecule has 4 rings (SSSR count). The molecule has 168 valence electrons. The summed E-state index contributed by atoms with van der Waals surface area (Å²) in [6.07, 6.45) is 0. The topological polar surface area (TPSA) is 95.3 Å². The highest BCUT2D eigenvalue weighted by atomic mass is 35.5. The van der Waals surface area contributed by atoms with Crippen LogP contribution in [0.1, 0.15) is 32.1 Å². The van der Waals surface area contributed by atoms with Crippen LogP contribution in [-0.4, -0.2) is 31.3 Å². The second-order valence-corrected chi connectivity index (χ2v) is 8.77. The highest BCUT2D eigenvalue weighted by Crippen LogP contribution is 2.40. The van der Waals surface area contributed by atoms with Crippen LogP contribution in [0.15, 0.2) is 48.5 Å². The maximum Gasteiger partial charge on any atom is 0.215 e. The zero-order chi connectivity index (χ0) is 24.0. The Kier molecular flexibility index (Phi) is 6.40. The number of benzene rings is 2. The summed E-state index contributed by atoms with van der Waals surface area (Å²) in [6.45, 7) is 0. The number of phenolic OH excluding ortho intramolecular Hbond substituents is 2. The van der Waals surface area contributed by atoms with Crippen LogP contribution < -0.4 is 0 Å². The van der Waals surface area contributed by atoms with Crippen molar-refractivity contribution in [3.05, 3.63) is 96.4 Å². The third kappa shape index (κ3) is 4.09. The van der Waals surface area contributed by atoms with Gasteiger partial charge in [-0.25, -0.2) is 0 Å². The second-order valence-electron chi connectivity index (χ2n) is 6.82. The van der Waals surface area contributed by atoms with E-state index in [-0.39, 0.29) is 65.1 Å². The number of phenols is 2. The molecule has 0 bridgehead atoms. The maximum absolute atomic E-state index is 13.3. The summed E-state index contributed by atoms with van der Waals surface area (Å²) in [6, 6.07) is 11.1. The minimum atomic E-state index is -0.722. The van der Waals surface area contributed by atoms with Gasteiger partial charge >= 0.3 is 0 Å². The third-order valence-corrected chi connectivity index (χ3v) is 6.55. The Hall–Kier alpha value is -2.61. The predicted octanol–water partition coefficient (Wildman–Crippen LogP) is 6.95. The monoisotopic (exact) mass is 542 g/mol. The lowest BCUT2D eigenvalue weighted by Crippen LogP contribution is -2.13. The average molecular weight is 545 g/mol. The second kappa shape index (κ2) is 8.97. The zero-order valence-electron chi connectivity index (χ0n) is 16.2. The van der Waals surface area contributed by atoms with E-state index in [1.165, 1.54) is 36.4 Å². The summed E-state index contributed by atoms with van der Waals surface area (Å²) in [7, 11) is 0. The van der Waals surface area contributed by atoms with Crippen molar-refractivity contribution in [3.63, 3.8) is 0 Å². The van der Waals surface area contributed by atoms with Crippen LogP contribution in [0.2, 0.25) is 25.4 Å². The smallest absolute Gasteiger partial charge is 0.215 e. The van der Waals surface area contributed by atoms with Gasteiger partial charge in [0.25, 0.3) is 0 Å². The molecule has 0 aliphatic rings. The molecule has 0 fully saturated rings. The SMILES string of the molecule is O=C(c1cc(Cl)ccc1O)c1[nH]c(Cl)c(Cl)c1-n1c(C(=O)c2ccccc2O)cc(Cl)c1Cl. The van der Waals surface area contributed by atoms with E-state index in [4.69, 9.17) is 58.0 Å². The van der Waals surface area contributed by atoms with Crippen molar-refractivity contribution >= 4 is 69.6 Å². The number of nitrogens with one attached hydrogen (secondary N) is 1. The maximum atomic E-state index is 13.3. The lowest BCUT2D eigenvalue weighted by atomic mass is 10.1. The van der Waals surface area contributed by atoms with Crippen molar-refractivity contribution in [3.8, 4) is 17.2 Å². The molecule has 11 heteroatoms. The number of hydrogen-bond donors (Lipinski definition) is 3. The number of aromatic nitrogens is 2. The Morgan fingerprint density at radius 1 is 0.818 bits per heavy atom. The third-order valence-electron chi connectivity index (χ3n) is 4.81. The van der Waals surface area contributed by atoms with Gasteiger partial charge in [-0.15, -0.1) is 0 Å². The normalized spacial score (nSPS) is 11.1. The molecule has 0 saturated carbocycles. The molecule has 3 N–H and O–H groups in total. The number of halogens is 5. The molecule has 2 aromatic carbocycles. The van der Waals surface area contributed by atoms with E-state index in [1.54, 1.807) is 12.1 Å². The minimum absolute atomic E-state index is 0.00664. The number of H-pyrrole nitrogens is 1. The number of hydrogen-bond acceptors (Lipinski definition) is 4. The summed E-state index contributed by atoms with van der Waals surface area (Å²) in [4.78, 5) is 29.2. The van der Waals surface area contributed by atoms with Crippen LogP contribution in [0.4, 0.5) is 0 Å². The molecule has 0 aliphatic heterocycles. The average Bonchev–Trinajstić information content (AvgIpc) is 3.24. The number of ketones is 2. The van der Waals surface area contributed by atoms with E-state index in [2.05, 4.69) is 4.98 Å². The van der Waals surface area contributed by atoms with E-state index in [1.807, 2.05) is 0 Å². The van der Waals surface area contributed by atoms with Gasteiger partial charge in [-0.05, 0) is 36.4 Å². The molecule has 0 atom stereocenters. The van der Waals surface area contributed by atoms with Gasteiger partial charge in [0.15, 0.2) is 0 Å². The molecule has 2 aromatic heterocycles. The molecule has 0 unspecified atom stereocenters. The molecule has 6 nitrogen and oxygen atoms in total. The first kappa shape index (κ1) is 23.5. The van der Waals surface area contributed by atoms with E-state index >= 15 is 0 Å². The lowest BCUT2D eigenvalue weighted by Gasteiger charge is -2.13. The number of aromatic amines is 1.